The normalized spacial score (nSPS) is 10.4. The average Bonchev–Trinajstić information content (AvgIpc) is 2.37. The summed E-state index contributed by atoms with van der Waals surface area (Å²) in [5.41, 5.74) is 4.84. The van der Waals surface area contributed by atoms with Gasteiger partial charge in [-0.05, 0) is 49.6 Å². The van der Waals surface area contributed by atoms with Crippen LogP contribution in [-0.2, 0) is 11.2 Å². The molecule has 0 aliphatic rings. The Hall–Kier alpha value is -1.87. The van der Waals surface area contributed by atoms with E-state index in [9.17, 15) is 4.79 Å². The Kier molecular flexibility index (Phi) is 4.40. The molecule has 0 spiro atoms. The number of nitrogens with one attached hydrogen (secondary N) is 1. The zero-order valence-electron chi connectivity index (χ0n) is 11.8. The minimum absolute atomic E-state index is 0.0551. The summed E-state index contributed by atoms with van der Waals surface area (Å²) in [6.45, 7) is 5.92. The Balaban J connectivity index is 2.07. The van der Waals surface area contributed by atoms with Crippen molar-refractivity contribution in [2.75, 3.05) is 5.32 Å². The summed E-state index contributed by atoms with van der Waals surface area (Å²) in [5.74, 6) is -0.0551. The summed E-state index contributed by atoms with van der Waals surface area (Å²) in [7, 11) is 0. The van der Waals surface area contributed by atoms with Gasteiger partial charge in [-0.25, -0.2) is 4.98 Å². The van der Waals surface area contributed by atoms with Crippen molar-refractivity contribution in [1.29, 1.82) is 0 Å². The van der Waals surface area contributed by atoms with E-state index < -0.39 is 0 Å². The number of hydrogen-bond donors (Lipinski definition) is 1. The number of hydrogen-bond acceptors (Lipinski definition) is 2. The summed E-state index contributed by atoms with van der Waals surface area (Å²) in [6, 6.07) is 9.49. The molecule has 2 rings (SSSR count). The molecule has 0 bridgehead atoms. The van der Waals surface area contributed by atoms with Gasteiger partial charge in [0.05, 0.1) is 17.8 Å². The van der Waals surface area contributed by atoms with Gasteiger partial charge in [0, 0.05) is 0 Å². The van der Waals surface area contributed by atoms with E-state index in [1.165, 1.54) is 11.1 Å². The molecule has 2 aromatic rings. The summed E-state index contributed by atoms with van der Waals surface area (Å²) >= 11 is 5.79. The van der Waals surface area contributed by atoms with Crippen LogP contribution >= 0.6 is 11.6 Å². The highest BCUT2D eigenvalue weighted by Gasteiger charge is 2.07. The molecule has 0 aliphatic carbocycles. The summed E-state index contributed by atoms with van der Waals surface area (Å²) in [4.78, 5) is 16.2. The molecule has 0 unspecified atom stereocenters. The fourth-order valence-electron chi connectivity index (χ4n) is 1.96. The van der Waals surface area contributed by atoms with E-state index in [4.69, 9.17) is 11.6 Å². The van der Waals surface area contributed by atoms with Gasteiger partial charge in [0.15, 0.2) is 0 Å². The van der Waals surface area contributed by atoms with Gasteiger partial charge in [-0.2, -0.15) is 0 Å². The van der Waals surface area contributed by atoms with E-state index in [-0.39, 0.29) is 5.91 Å². The van der Waals surface area contributed by atoms with Crippen molar-refractivity contribution in [2.45, 2.75) is 27.2 Å². The van der Waals surface area contributed by atoms with Crippen LogP contribution in [0.4, 0.5) is 5.69 Å². The fraction of sp³-hybridized carbons (Fsp3) is 0.250. The van der Waals surface area contributed by atoms with Crippen LogP contribution < -0.4 is 5.32 Å². The van der Waals surface area contributed by atoms with Crippen LogP contribution in [0.3, 0.4) is 0 Å². The minimum atomic E-state index is -0.0551. The van der Waals surface area contributed by atoms with Gasteiger partial charge in [-0.1, -0.05) is 29.8 Å². The lowest BCUT2D eigenvalue weighted by molar-refractivity contribution is -0.115. The van der Waals surface area contributed by atoms with Crippen molar-refractivity contribution in [3.63, 3.8) is 0 Å². The number of pyridine rings is 1. The Morgan fingerprint density at radius 2 is 1.90 bits per heavy atom. The molecule has 20 heavy (non-hydrogen) atoms. The summed E-state index contributed by atoms with van der Waals surface area (Å²) < 4.78 is 0. The number of rotatable bonds is 3. The number of nitrogens with zero attached hydrogens (tertiary/aromatic N) is 1. The van der Waals surface area contributed by atoms with E-state index in [1.807, 2.05) is 32.0 Å². The molecular formula is C16H17ClN2O. The van der Waals surface area contributed by atoms with Crippen LogP contribution in [0.2, 0.25) is 5.15 Å². The average molecular weight is 289 g/mol. The number of aryl methyl sites for hydroxylation is 3. The number of amides is 1. The fourth-order valence-corrected chi connectivity index (χ4v) is 2.15. The largest absolute Gasteiger partial charge is 0.324 e. The molecule has 0 saturated heterocycles. The van der Waals surface area contributed by atoms with Crippen molar-refractivity contribution < 1.29 is 4.79 Å². The van der Waals surface area contributed by atoms with E-state index in [2.05, 4.69) is 17.2 Å². The standard InChI is InChI=1S/C16H17ClN2O/c1-10-4-5-13(8-11(10)2)9-16(20)19-14-6-7-15(17)18-12(14)3/h4-8H,9H2,1-3H3,(H,19,20). The van der Waals surface area contributed by atoms with Crippen molar-refractivity contribution in [3.8, 4) is 0 Å². The van der Waals surface area contributed by atoms with Crippen molar-refractivity contribution in [3.05, 3.63) is 57.9 Å². The maximum Gasteiger partial charge on any atom is 0.228 e. The first-order chi connectivity index (χ1) is 9.45. The third-order valence-electron chi connectivity index (χ3n) is 3.26. The molecule has 4 heteroatoms. The summed E-state index contributed by atoms with van der Waals surface area (Å²) in [6.07, 6.45) is 0.350. The number of aromatic nitrogens is 1. The predicted octanol–water partition coefficient (Wildman–Crippen LogP) is 3.84. The molecule has 0 radical (unpaired) electrons. The Morgan fingerprint density at radius 3 is 2.55 bits per heavy atom. The number of carbonyl (C=O) groups is 1. The van der Waals surface area contributed by atoms with E-state index in [0.717, 1.165) is 5.56 Å². The first-order valence-corrected chi connectivity index (χ1v) is 6.82. The summed E-state index contributed by atoms with van der Waals surface area (Å²) in [5, 5.41) is 3.29. The van der Waals surface area contributed by atoms with Gasteiger partial charge in [0.2, 0.25) is 5.91 Å². The van der Waals surface area contributed by atoms with Crippen LogP contribution in [0.5, 0.6) is 0 Å². The van der Waals surface area contributed by atoms with Gasteiger partial charge < -0.3 is 5.32 Å². The molecular weight excluding hydrogens is 272 g/mol. The first-order valence-electron chi connectivity index (χ1n) is 6.45. The number of carbonyl (C=O) groups excluding carboxylic acids is 1. The van der Waals surface area contributed by atoms with Gasteiger partial charge in [-0.15, -0.1) is 0 Å². The van der Waals surface area contributed by atoms with E-state index >= 15 is 0 Å². The molecule has 1 N–H and O–H groups in total. The third kappa shape index (κ3) is 3.58. The number of halogens is 1. The lowest BCUT2D eigenvalue weighted by Gasteiger charge is -2.09. The van der Waals surface area contributed by atoms with Crippen LogP contribution in [0, 0.1) is 20.8 Å². The molecule has 0 aliphatic heterocycles. The maximum absolute atomic E-state index is 12.0. The smallest absolute Gasteiger partial charge is 0.228 e. The Morgan fingerprint density at radius 1 is 1.15 bits per heavy atom. The molecule has 104 valence electrons. The maximum atomic E-state index is 12.0. The molecule has 0 fully saturated rings. The second kappa shape index (κ2) is 6.06. The second-order valence-electron chi connectivity index (χ2n) is 4.91. The highest BCUT2D eigenvalue weighted by atomic mass is 35.5. The van der Waals surface area contributed by atoms with Crippen LogP contribution in [0.1, 0.15) is 22.4 Å². The van der Waals surface area contributed by atoms with Gasteiger partial charge in [0.25, 0.3) is 0 Å². The van der Waals surface area contributed by atoms with E-state index in [0.29, 0.717) is 23.0 Å². The molecule has 1 heterocycles. The van der Waals surface area contributed by atoms with Gasteiger partial charge >= 0.3 is 0 Å². The first kappa shape index (κ1) is 14.5. The highest BCUT2D eigenvalue weighted by Crippen LogP contribution is 2.16. The van der Waals surface area contributed by atoms with Crippen molar-refractivity contribution in [2.24, 2.45) is 0 Å². The Labute approximate surface area is 124 Å². The van der Waals surface area contributed by atoms with Crippen molar-refractivity contribution in [1.82, 2.24) is 4.98 Å². The zero-order chi connectivity index (χ0) is 14.7. The molecule has 3 nitrogen and oxygen atoms in total. The molecule has 0 atom stereocenters. The SMILES string of the molecule is Cc1ccc(CC(=O)Nc2ccc(Cl)nc2C)cc1C. The molecule has 1 aromatic carbocycles. The number of anilines is 1. The van der Waals surface area contributed by atoms with Crippen LogP contribution in [0.25, 0.3) is 0 Å². The third-order valence-corrected chi connectivity index (χ3v) is 3.47. The topological polar surface area (TPSA) is 42.0 Å². The van der Waals surface area contributed by atoms with Crippen LogP contribution in [-0.4, -0.2) is 10.9 Å². The predicted molar refractivity (Wildman–Crippen MR) is 82.2 cm³/mol. The highest BCUT2D eigenvalue weighted by molar-refractivity contribution is 6.29. The van der Waals surface area contributed by atoms with Gasteiger partial charge in [0.1, 0.15) is 5.15 Å². The second-order valence-corrected chi connectivity index (χ2v) is 5.30. The zero-order valence-corrected chi connectivity index (χ0v) is 12.6. The van der Waals surface area contributed by atoms with Gasteiger partial charge in [-0.3, -0.25) is 4.79 Å². The molecule has 1 amide bonds. The van der Waals surface area contributed by atoms with E-state index in [1.54, 1.807) is 12.1 Å². The lowest BCUT2D eigenvalue weighted by atomic mass is 10.0. The number of benzene rings is 1. The Bertz CT molecular complexity index is 653. The van der Waals surface area contributed by atoms with Crippen molar-refractivity contribution >= 4 is 23.2 Å². The molecule has 1 aromatic heterocycles. The minimum Gasteiger partial charge on any atom is -0.324 e. The van der Waals surface area contributed by atoms with Crippen LogP contribution in [0.15, 0.2) is 30.3 Å². The monoisotopic (exact) mass is 288 g/mol. The lowest BCUT2D eigenvalue weighted by Crippen LogP contribution is -2.15. The molecule has 0 saturated carbocycles. The quantitative estimate of drug-likeness (QED) is 0.872.